The van der Waals surface area contributed by atoms with E-state index in [4.69, 9.17) is 4.74 Å². The molecule has 5 nitrogen and oxygen atoms in total. The zero-order chi connectivity index (χ0) is 10.5. The summed E-state index contributed by atoms with van der Waals surface area (Å²) in [6, 6.07) is 0. The summed E-state index contributed by atoms with van der Waals surface area (Å²) < 4.78 is 4.39. The van der Waals surface area contributed by atoms with Crippen LogP contribution in [0.25, 0.3) is 0 Å². The molecule has 1 N–H and O–H groups in total. The highest BCUT2D eigenvalue weighted by Gasteiger charge is 2.30. The molecular formula is C8H15N2O3+. The topological polar surface area (TPSA) is 55.4 Å². The first-order chi connectivity index (χ1) is 5.94. The molecule has 0 atom stereocenters. The van der Waals surface area contributed by atoms with Crippen LogP contribution in [0.15, 0.2) is 12.7 Å². The second-order valence-electron chi connectivity index (χ2n) is 2.83. The van der Waals surface area contributed by atoms with Crippen molar-refractivity contribution >= 4 is 12.0 Å². The van der Waals surface area contributed by atoms with Crippen molar-refractivity contribution in [2.24, 2.45) is 0 Å². The highest BCUT2D eigenvalue weighted by Crippen LogP contribution is 1.96. The number of nitrogens with one attached hydrogen (secondary N) is 1. The van der Waals surface area contributed by atoms with E-state index in [2.05, 4.69) is 12.0 Å². The number of rotatable bonds is 2. The first-order valence-electron chi connectivity index (χ1n) is 3.90. The Labute approximate surface area is 77.5 Å². The summed E-state index contributed by atoms with van der Waals surface area (Å²) in [6.45, 7) is 5.26. The summed E-state index contributed by atoms with van der Waals surface area (Å²) >= 11 is 0. The van der Waals surface area contributed by atoms with Gasteiger partial charge in [-0.3, -0.25) is 4.79 Å². The number of amides is 2. The maximum Gasteiger partial charge on any atom is 0.540 e. The van der Waals surface area contributed by atoms with Crippen molar-refractivity contribution in [2.45, 2.75) is 6.92 Å². The van der Waals surface area contributed by atoms with Crippen LogP contribution >= 0.6 is 0 Å². The summed E-state index contributed by atoms with van der Waals surface area (Å²) in [4.78, 5) is 22.1. The Balaban J connectivity index is 4.29. The second-order valence-corrected chi connectivity index (χ2v) is 2.83. The maximum atomic E-state index is 11.2. The minimum absolute atomic E-state index is 0.282. The molecule has 5 heteroatoms. The van der Waals surface area contributed by atoms with E-state index in [1.54, 1.807) is 6.92 Å². The molecule has 2 amide bonds. The number of ether oxygens (including phenoxy) is 1. The van der Waals surface area contributed by atoms with Crippen LogP contribution in [-0.2, 0) is 9.53 Å². The van der Waals surface area contributed by atoms with E-state index < -0.39 is 12.0 Å². The lowest BCUT2D eigenvalue weighted by Gasteiger charge is -2.23. The minimum Gasteiger partial charge on any atom is -0.419 e. The quantitative estimate of drug-likeness (QED) is 0.387. The Bertz CT molecular complexity index is 223. The number of quaternary nitrogens is 1. The second kappa shape index (κ2) is 4.61. The Morgan fingerprint density at radius 1 is 1.54 bits per heavy atom. The molecule has 0 aromatic heterocycles. The average Bonchev–Trinajstić information content (AvgIpc) is 2.04. The Morgan fingerprint density at radius 3 is 2.46 bits per heavy atom. The maximum absolute atomic E-state index is 11.2. The van der Waals surface area contributed by atoms with Gasteiger partial charge in [-0.1, -0.05) is 6.58 Å². The van der Waals surface area contributed by atoms with Crippen LogP contribution in [0.3, 0.4) is 0 Å². The predicted molar refractivity (Wildman–Crippen MR) is 47.5 cm³/mol. The monoisotopic (exact) mass is 187 g/mol. The predicted octanol–water partition coefficient (Wildman–Crippen LogP) is 0.436. The molecule has 0 saturated heterocycles. The van der Waals surface area contributed by atoms with Crippen molar-refractivity contribution < 1.29 is 18.9 Å². The SMILES string of the molecule is C=CC(=O)N[N+](C)(C)C(=O)OCC. The van der Waals surface area contributed by atoms with E-state index in [1.165, 1.54) is 14.1 Å². The third kappa shape index (κ3) is 3.71. The largest absolute Gasteiger partial charge is 0.540 e. The summed E-state index contributed by atoms with van der Waals surface area (Å²) in [6.07, 6.45) is 0.580. The van der Waals surface area contributed by atoms with E-state index in [-0.39, 0.29) is 11.2 Å². The van der Waals surface area contributed by atoms with E-state index in [1.807, 2.05) is 0 Å². The molecule has 0 saturated carbocycles. The van der Waals surface area contributed by atoms with Gasteiger partial charge in [0, 0.05) is 6.08 Å². The standard InChI is InChI=1S/C8H14N2O3/c1-5-7(11)9-10(3,4)8(12)13-6-2/h5H,1,6H2,2-4H3/p+1. The third-order valence-electron chi connectivity index (χ3n) is 1.30. The minimum atomic E-state index is -0.516. The molecule has 0 aliphatic heterocycles. The molecule has 74 valence electrons. The van der Waals surface area contributed by atoms with Gasteiger partial charge < -0.3 is 4.74 Å². The van der Waals surface area contributed by atoms with Gasteiger partial charge in [-0.2, -0.15) is 10.2 Å². The first kappa shape index (κ1) is 11.6. The van der Waals surface area contributed by atoms with E-state index in [0.717, 1.165) is 6.08 Å². The summed E-state index contributed by atoms with van der Waals surface area (Å²) in [5.74, 6) is -0.418. The Hall–Kier alpha value is -1.36. The van der Waals surface area contributed by atoms with Crippen molar-refractivity contribution in [3.63, 3.8) is 0 Å². The first-order valence-corrected chi connectivity index (χ1v) is 3.90. The Morgan fingerprint density at radius 2 is 2.08 bits per heavy atom. The molecule has 0 aliphatic carbocycles. The molecule has 0 aromatic rings. The van der Waals surface area contributed by atoms with Crippen LogP contribution in [0, 0.1) is 0 Å². The van der Waals surface area contributed by atoms with Crippen molar-refractivity contribution in [1.82, 2.24) is 5.43 Å². The lowest BCUT2D eigenvalue weighted by Crippen LogP contribution is -2.57. The van der Waals surface area contributed by atoms with E-state index in [9.17, 15) is 9.59 Å². The number of carbonyl (C=O) groups excluding carboxylic acids is 2. The van der Waals surface area contributed by atoms with Crippen molar-refractivity contribution in [2.75, 3.05) is 20.7 Å². The number of hydrogen-bond donors (Lipinski definition) is 1. The average molecular weight is 187 g/mol. The van der Waals surface area contributed by atoms with Crippen LogP contribution in [0.4, 0.5) is 4.79 Å². The summed E-state index contributed by atoms with van der Waals surface area (Å²) in [5.41, 5.74) is 2.40. The van der Waals surface area contributed by atoms with Gasteiger partial charge in [-0.25, -0.2) is 0 Å². The molecular weight excluding hydrogens is 172 g/mol. The van der Waals surface area contributed by atoms with Gasteiger partial charge in [0.1, 0.15) is 14.1 Å². The van der Waals surface area contributed by atoms with Crippen molar-refractivity contribution in [1.29, 1.82) is 0 Å². The van der Waals surface area contributed by atoms with E-state index >= 15 is 0 Å². The Kier molecular flexibility index (Phi) is 4.13. The third-order valence-corrected chi connectivity index (χ3v) is 1.30. The van der Waals surface area contributed by atoms with Crippen molar-refractivity contribution in [3.8, 4) is 0 Å². The van der Waals surface area contributed by atoms with Gasteiger partial charge in [0.2, 0.25) is 0 Å². The number of hydrogen-bond acceptors (Lipinski definition) is 3. The molecule has 0 unspecified atom stereocenters. The molecule has 0 spiro atoms. The van der Waals surface area contributed by atoms with Crippen LogP contribution in [-0.4, -0.2) is 37.3 Å². The van der Waals surface area contributed by atoms with Gasteiger partial charge in [0.05, 0.1) is 6.61 Å². The zero-order valence-electron chi connectivity index (χ0n) is 8.16. The molecule has 0 radical (unpaired) electrons. The van der Waals surface area contributed by atoms with Crippen LogP contribution < -0.4 is 5.43 Å². The molecule has 13 heavy (non-hydrogen) atoms. The van der Waals surface area contributed by atoms with Gasteiger partial charge in [0.15, 0.2) is 0 Å². The fraction of sp³-hybridized carbons (Fsp3) is 0.500. The molecule has 0 bridgehead atoms. The lowest BCUT2D eigenvalue weighted by molar-refractivity contribution is -0.853. The van der Waals surface area contributed by atoms with Gasteiger partial charge >= 0.3 is 6.09 Å². The molecule has 0 aromatic carbocycles. The molecule has 0 heterocycles. The fourth-order valence-electron chi connectivity index (χ4n) is 0.652. The van der Waals surface area contributed by atoms with Crippen LogP contribution in [0.5, 0.6) is 0 Å². The van der Waals surface area contributed by atoms with Gasteiger partial charge in [-0.15, -0.1) is 4.59 Å². The summed E-state index contributed by atoms with van der Waals surface area (Å²) in [7, 11) is 3.03. The van der Waals surface area contributed by atoms with Crippen molar-refractivity contribution in [3.05, 3.63) is 12.7 Å². The molecule has 0 fully saturated rings. The van der Waals surface area contributed by atoms with E-state index in [0.29, 0.717) is 0 Å². The lowest BCUT2D eigenvalue weighted by atomic mass is 10.6. The number of nitrogens with zero attached hydrogens (tertiary/aromatic N) is 1. The molecule has 0 rings (SSSR count). The van der Waals surface area contributed by atoms with Gasteiger partial charge in [-0.05, 0) is 6.92 Å². The zero-order valence-corrected chi connectivity index (χ0v) is 8.16. The van der Waals surface area contributed by atoms with Crippen LogP contribution in [0.1, 0.15) is 6.92 Å². The highest BCUT2D eigenvalue weighted by molar-refractivity contribution is 5.86. The molecule has 0 aliphatic rings. The number of carbonyl (C=O) groups is 2. The normalized spacial score (nSPS) is 10.4. The summed E-state index contributed by atoms with van der Waals surface area (Å²) in [5, 5.41) is 0. The highest BCUT2D eigenvalue weighted by atomic mass is 16.6. The van der Waals surface area contributed by atoms with Gasteiger partial charge in [0.25, 0.3) is 5.91 Å². The smallest absolute Gasteiger partial charge is 0.419 e. The fourth-order valence-corrected chi connectivity index (χ4v) is 0.652. The van der Waals surface area contributed by atoms with Crippen LogP contribution in [0.2, 0.25) is 0 Å².